The van der Waals surface area contributed by atoms with Gasteiger partial charge in [0.25, 0.3) is 11.8 Å². The summed E-state index contributed by atoms with van der Waals surface area (Å²) in [6.45, 7) is -0.300. The minimum Gasteiger partial charge on any atom is -0.483 e. The lowest BCUT2D eigenvalue weighted by Crippen LogP contribution is -2.21. The van der Waals surface area contributed by atoms with E-state index in [1.54, 1.807) is 30.3 Å². The van der Waals surface area contributed by atoms with Gasteiger partial charge in [0.2, 0.25) is 0 Å². The van der Waals surface area contributed by atoms with Crippen LogP contribution in [-0.4, -0.2) is 28.4 Å². The first kappa shape index (κ1) is 18.2. The zero-order valence-electron chi connectivity index (χ0n) is 15.4. The van der Waals surface area contributed by atoms with Gasteiger partial charge < -0.3 is 20.8 Å². The molecular weight excluding hydrogens is 368 g/mol. The SMILES string of the molecule is NC(=O)COc1ccccc1C(=O)Nc1cccc(-c2nc3ccccc3[nH]2)c1. The van der Waals surface area contributed by atoms with Crippen LogP contribution in [0.2, 0.25) is 0 Å². The summed E-state index contributed by atoms with van der Waals surface area (Å²) in [6.07, 6.45) is 0. The van der Waals surface area contributed by atoms with Crippen LogP contribution in [0, 0.1) is 0 Å². The predicted octanol–water partition coefficient (Wildman–Crippen LogP) is 3.35. The number of fused-ring (bicyclic) bond motifs is 1. The maximum Gasteiger partial charge on any atom is 0.259 e. The molecule has 4 aromatic rings. The maximum atomic E-state index is 12.7. The average Bonchev–Trinajstić information content (AvgIpc) is 3.17. The van der Waals surface area contributed by atoms with Crippen molar-refractivity contribution in [2.24, 2.45) is 5.73 Å². The molecule has 0 spiro atoms. The standard InChI is InChI=1S/C22H18N4O3/c23-20(27)13-29-19-11-4-1-8-16(19)22(28)24-15-7-5-6-14(12-15)21-25-17-9-2-3-10-18(17)26-21/h1-12H,13H2,(H2,23,27)(H,24,28)(H,25,26). The average molecular weight is 386 g/mol. The highest BCUT2D eigenvalue weighted by Gasteiger charge is 2.14. The molecule has 3 aromatic carbocycles. The van der Waals surface area contributed by atoms with E-state index in [2.05, 4.69) is 15.3 Å². The Hall–Kier alpha value is -4.13. The molecule has 144 valence electrons. The van der Waals surface area contributed by atoms with Gasteiger partial charge in [-0.25, -0.2) is 4.98 Å². The molecule has 1 heterocycles. The van der Waals surface area contributed by atoms with E-state index in [4.69, 9.17) is 10.5 Å². The van der Waals surface area contributed by atoms with Crippen molar-refractivity contribution >= 4 is 28.5 Å². The third-order valence-electron chi connectivity index (χ3n) is 4.28. The van der Waals surface area contributed by atoms with Crippen LogP contribution in [-0.2, 0) is 4.79 Å². The zero-order chi connectivity index (χ0) is 20.2. The Morgan fingerprint density at radius 3 is 2.62 bits per heavy atom. The smallest absolute Gasteiger partial charge is 0.259 e. The van der Waals surface area contributed by atoms with Gasteiger partial charge in [-0.05, 0) is 36.4 Å². The van der Waals surface area contributed by atoms with Crippen molar-refractivity contribution < 1.29 is 14.3 Å². The number of carbonyl (C=O) groups excluding carboxylic acids is 2. The summed E-state index contributed by atoms with van der Waals surface area (Å²) < 4.78 is 5.33. The number of H-pyrrole nitrogens is 1. The molecule has 0 saturated carbocycles. The Morgan fingerprint density at radius 2 is 1.79 bits per heavy atom. The van der Waals surface area contributed by atoms with E-state index in [1.165, 1.54) is 0 Å². The van der Waals surface area contributed by atoms with Crippen LogP contribution >= 0.6 is 0 Å². The highest BCUT2D eigenvalue weighted by Crippen LogP contribution is 2.24. The number of hydrogen-bond acceptors (Lipinski definition) is 4. The molecule has 0 aliphatic carbocycles. The van der Waals surface area contributed by atoms with E-state index < -0.39 is 5.91 Å². The summed E-state index contributed by atoms with van der Waals surface area (Å²) in [5.74, 6) is 0.0373. The van der Waals surface area contributed by atoms with E-state index in [9.17, 15) is 9.59 Å². The molecule has 0 bridgehead atoms. The van der Waals surface area contributed by atoms with E-state index in [-0.39, 0.29) is 18.3 Å². The summed E-state index contributed by atoms with van der Waals surface area (Å²) in [6, 6.07) is 21.8. The van der Waals surface area contributed by atoms with Gasteiger partial charge >= 0.3 is 0 Å². The number of ether oxygens (including phenoxy) is 1. The number of imidazole rings is 1. The van der Waals surface area contributed by atoms with Gasteiger partial charge in [-0.2, -0.15) is 0 Å². The molecule has 7 heteroatoms. The second-order valence-electron chi connectivity index (χ2n) is 6.39. The highest BCUT2D eigenvalue weighted by atomic mass is 16.5. The maximum absolute atomic E-state index is 12.7. The second-order valence-corrected chi connectivity index (χ2v) is 6.39. The lowest BCUT2D eigenvalue weighted by Gasteiger charge is -2.11. The van der Waals surface area contributed by atoms with Crippen LogP contribution in [0.4, 0.5) is 5.69 Å². The molecule has 1 aromatic heterocycles. The number of amides is 2. The van der Waals surface area contributed by atoms with E-state index in [0.717, 1.165) is 16.6 Å². The fourth-order valence-corrected chi connectivity index (χ4v) is 2.96. The Labute approximate surface area is 166 Å². The van der Waals surface area contributed by atoms with Gasteiger partial charge in [-0.3, -0.25) is 9.59 Å². The number of aromatic amines is 1. The van der Waals surface area contributed by atoms with Crippen LogP contribution in [0.15, 0.2) is 72.8 Å². The number of nitrogens with one attached hydrogen (secondary N) is 2. The topological polar surface area (TPSA) is 110 Å². The van der Waals surface area contributed by atoms with E-state index >= 15 is 0 Å². The summed E-state index contributed by atoms with van der Waals surface area (Å²) in [4.78, 5) is 31.6. The lowest BCUT2D eigenvalue weighted by molar-refractivity contribution is -0.119. The van der Waals surface area contributed by atoms with Crippen LogP contribution in [0.1, 0.15) is 10.4 Å². The molecular formula is C22H18N4O3. The van der Waals surface area contributed by atoms with Crippen LogP contribution < -0.4 is 15.8 Å². The molecule has 0 fully saturated rings. The number of nitrogens with zero attached hydrogens (tertiary/aromatic N) is 1. The van der Waals surface area contributed by atoms with Crippen molar-refractivity contribution in [1.29, 1.82) is 0 Å². The van der Waals surface area contributed by atoms with Crippen molar-refractivity contribution in [3.05, 3.63) is 78.4 Å². The molecule has 0 radical (unpaired) electrons. The first-order valence-electron chi connectivity index (χ1n) is 8.97. The summed E-state index contributed by atoms with van der Waals surface area (Å²) >= 11 is 0. The third-order valence-corrected chi connectivity index (χ3v) is 4.28. The number of carbonyl (C=O) groups is 2. The van der Waals surface area contributed by atoms with E-state index in [1.807, 2.05) is 42.5 Å². The number of para-hydroxylation sites is 3. The van der Waals surface area contributed by atoms with Crippen LogP contribution in [0.5, 0.6) is 5.75 Å². The van der Waals surface area contributed by atoms with Crippen molar-refractivity contribution in [3.8, 4) is 17.1 Å². The van der Waals surface area contributed by atoms with Crippen molar-refractivity contribution in [1.82, 2.24) is 9.97 Å². The van der Waals surface area contributed by atoms with Gasteiger partial charge in [-0.1, -0.05) is 36.4 Å². The molecule has 0 unspecified atom stereocenters. The predicted molar refractivity (Wildman–Crippen MR) is 111 cm³/mol. The van der Waals surface area contributed by atoms with Crippen LogP contribution in [0.25, 0.3) is 22.4 Å². The third kappa shape index (κ3) is 4.08. The summed E-state index contributed by atoms with van der Waals surface area (Å²) in [5.41, 5.74) is 8.69. The number of anilines is 1. The van der Waals surface area contributed by atoms with Gasteiger partial charge in [0.05, 0.1) is 16.6 Å². The summed E-state index contributed by atoms with van der Waals surface area (Å²) in [7, 11) is 0. The molecule has 0 saturated heterocycles. The number of hydrogen-bond donors (Lipinski definition) is 3. The number of aromatic nitrogens is 2. The van der Waals surface area contributed by atoms with Gasteiger partial charge in [0, 0.05) is 11.3 Å². The molecule has 0 atom stereocenters. The normalized spacial score (nSPS) is 10.6. The lowest BCUT2D eigenvalue weighted by atomic mass is 10.1. The van der Waals surface area contributed by atoms with E-state index in [0.29, 0.717) is 17.1 Å². The second kappa shape index (κ2) is 7.85. The molecule has 2 amide bonds. The molecule has 4 rings (SSSR count). The number of benzene rings is 3. The molecule has 29 heavy (non-hydrogen) atoms. The molecule has 0 aliphatic heterocycles. The van der Waals surface area contributed by atoms with Crippen LogP contribution in [0.3, 0.4) is 0 Å². The molecule has 7 nitrogen and oxygen atoms in total. The first-order chi connectivity index (χ1) is 14.1. The van der Waals surface area contributed by atoms with Gasteiger partial charge in [-0.15, -0.1) is 0 Å². The summed E-state index contributed by atoms with van der Waals surface area (Å²) in [5, 5.41) is 2.85. The fraction of sp³-hybridized carbons (Fsp3) is 0.0455. The quantitative estimate of drug-likeness (QED) is 0.472. The minimum absolute atomic E-state index is 0.289. The highest BCUT2D eigenvalue weighted by molar-refractivity contribution is 6.06. The van der Waals surface area contributed by atoms with Crippen molar-refractivity contribution in [2.45, 2.75) is 0 Å². The largest absolute Gasteiger partial charge is 0.483 e. The fourth-order valence-electron chi connectivity index (χ4n) is 2.96. The number of primary amides is 1. The molecule has 0 aliphatic rings. The Kier molecular flexibility index (Phi) is 4.94. The minimum atomic E-state index is -0.612. The monoisotopic (exact) mass is 386 g/mol. The van der Waals surface area contributed by atoms with Gasteiger partial charge in [0.1, 0.15) is 11.6 Å². The number of nitrogens with two attached hydrogens (primary N) is 1. The molecule has 4 N–H and O–H groups in total. The first-order valence-corrected chi connectivity index (χ1v) is 8.97. The zero-order valence-corrected chi connectivity index (χ0v) is 15.4. The number of rotatable bonds is 6. The Bertz CT molecular complexity index is 1170. The van der Waals surface area contributed by atoms with Crippen molar-refractivity contribution in [3.63, 3.8) is 0 Å². The van der Waals surface area contributed by atoms with Crippen molar-refractivity contribution in [2.75, 3.05) is 11.9 Å². The Balaban J connectivity index is 1.57. The Morgan fingerprint density at radius 1 is 1.00 bits per heavy atom. The van der Waals surface area contributed by atoms with Gasteiger partial charge in [0.15, 0.2) is 6.61 Å².